The molecule has 220 valence electrons. The third kappa shape index (κ3) is 4.81. The molecule has 0 saturated carbocycles. The summed E-state index contributed by atoms with van der Waals surface area (Å²) in [6.07, 6.45) is 0. The average molecular weight is 621 g/mol. The monoisotopic (exact) mass is 620 g/mol. The van der Waals surface area contributed by atoms with Gasteiger partial charge in [0, 0.05) is 38.4 Å². The fourth-order valence-electron chi connectivity index (χ4n) is 6.17. The van der Waals surface area contributed by atoms with Gasteiger partial charge in [0.05, 0.1) is 22.9 Å². The van der Waals surface area contributed by atoms with Gasteiger partial charge >= 0.3 is 0 Å². The molecule has 0 spiro atoms. The third-order valence-electron chi connectivity index (χ3n) is 8.41. The first kappa shape index (κ1) is 27.2. The van der Waals surface area contributed by atoms with Crippen LogP contribution in [0.4, 0.5) is 0 Å². The van der Waals surface area contributed by atoms with Gasteiger partial charge in [-0.25, -0.2) is 19.9 Å². The number of aromatic nitrogens is 6. The topological polar surface area (TPSA) is 77.3 Å². The molecule has 3 aromatic heterocycles. The largest absolute Gasteiger partial charge is 0.247 e. The second-order valence-electron chi connectivity index (χ2n) is 11.3. The van der Waals surface area contributed by atoms with Crippen molar-refractivity contribution in [2.45, 2.75) is 0 Å². The van der Waals surface area contributed by atoms with Crippen LogP contribution in [0.3, 0.4) is 0 Å². The first-order valence-corrected chi connectivity index (χ1v) is 16.0. The van der Waals surface area contributed by atoms with Gasteiger partial charge in [-0.15, -0.1) is 0 Å². The molecule has 3 heterocycles. The number of nitrogens with zero attached hydrogens (tertiary/aromatic N) is 6. The van der Waals surface area contributed by atoms with Crippen LogP contribution in [0.15, 0.2) is 146 Å². The maximum Gasteiger partial charge on any atom is 0.164 e. The molecule has 0 amide bonds. The smallest absolute Gasteiger partial charge is 0.164 e. The van der Waals surface area contributed by atoms with Gasteiger partial charge in [-0.05, 0) is 29.3 Å². The molecule has 6 aromatic carbocycles. The highest BCUT2D eigenvalue weighted by Gasteiger charge is 2.18. The molecule has 0 N–H and O–H groups in total. The highest BCUT2D eigenvalue weighted by molar-refractivity contribution is 7.00. The summed E-state index contributed by atoms with van der Waals surface area (Å²) in [5.41, 5.74) is 9.64. The van der Waals surface area contributed by atoms with Crippen LogP contribution in [0.25, 0.3) is 89.3 Å². The lowest BCUT2D eigenvalue weighted by Crippen LogP contribution is -2.00. The van der Waals surface area contributed by atoms with Crippen molar-refractivity contribution >= 4 is 44.4 Å². The quantitative estimate of drug-likeness (QED) is 0.178. The summed E-state index contributed by atoms with van der Waals surface area (Å²) in [6.45, 7) is 0. The van der Waals surface area contributed by atoms with Gasteiger partial charge in [-0.1, -0.05) is 127 Å². The van der Waals surface area contributed by atoms with Crippen molar-refractivity contribution in [2.24, 2.45) is 0 Å². The molecule has 0 bridgehead atoms. The van der Waals surface area contributed by atoms with E-state index in [0.717, 1.165) is 71.8 Å². The first-order valence-electron chi connectivity index (χ1n) is 15.3. The maximum absolute atomic E-state index is 5.22. The van der Waals surface area contributed by atoms with Crippen LogP contribution in [-0.2, 0) is 0 Å². The highest BCUT2D eigenvalue weighted by Crippen LogP contribution is 2.41. The van der Waals surface area contributed by atoms with Crippen LogP contribution in [0.2, 0.25) is 0 Å². The number of fused-ring (bicyclic) bond motifs is 5. The van der Waals surface area contributed by atoms with Crippen molar-refractivity contribution in [3.05, 3.63) is 146 Å². The van der Waals surface area contributed by atoms with Gasteiger partial charge in [0.15, 0.2) is 17.5 Å². The SMILES string of the molecule is c1ccc(-c2nc(-c3ccccc3)nc(-c3ccc(-c4cccc5nc(-c6ccccc6)c6ccc7nsnc7c6c45)cc3)n2)cc1. The first-order chi connectivity index (χ1) is 23.3. The molecular formula is C40H24N6S. The van der Waals surface area contributed by atoms with Crippen LogP contribution >= 0.6 is 11.7 Å². The molecule has 0 fully saturated rings. The van der Waals surface area contributed by atoms with Crippen LogP contribution in [0, 0.1) is 0 Å². The van der Waals surface area contributed by atoms with Crippen LogP contribution in [0.5, 0.6) is 0 Å². The Bertz CT molecular complexity index is 2490. The molecule has 0 aliphatic heterocycles. The molecule has 6 nitrogen and oxygen atoms in total. The average Bonchev–Trinajstić information content (AvgIpc) is 3.65. The Morgan fingerprint density at radius 1 is 0.362 bits per heavy atom. The van der Waals surface area contributed by atoms with Crippen LogP contribution in [0.1, 0.15) is 0 Å². The van der Waals surface area contributed by atoms with Crippen molar-refractivity contribution in [1.82, 2.24) is 28.7 Å². The molecule has 9 rings (SSSR count). The summed E-state index contributed by atoms with van der Waals surface area (Å²) >= 11 is 1.24. The Balaban J connectivity index is 1.21. The van der Waals surface area contributed by atoms with Gasteiger partial charge in [0.25, 0.3) is 0 Å². The van der Waals surface area contributed by atoms with Crippen LogP contribution < -0.4 is 0 Å². The predicted octanol–water partition coefficient (Wildman–Crippen LogP) is 9.91. The number of rotatable bonds is 5. The summed E-state index contributed by atoms with van der Waals surface area (Å²) in [6, 6.07) is 49.3. The van der Waals surface area contributed by atoms with Crippen LogP contribution in [-0.4, -0.2) is 28.7 Å². The van der Waals surface area contributed by atoms with E-state index >= 15 is 0 Å². The summed E-state index contributed by atoms with van der Waals surface area (Å²) in [5, 5.41) is 3.18. The summed E-state index contributed by atoms with van der Waals surface area (Å²) in [7, 11) is 0. The fourth-order valence-corrected chi connectivity index (χ4v) is 6.71. The molecule has 0 atom stereocenters. The van der Waals surface area contributed by atoms with E-state index in [2.05, 4.69) is 65.0 Å². The molecule has 9 aromatic rings. The lowest BCUT2D eigenvalue weighted by Gasteiger charge is -2.14. The zero-order valence-electron chi connectivity index (χ0n) is 24.9. The molecule has 0 aliphatic carbocycles. The van der Waals surface area contributed by atoms with Gasteiger partial charge in [-0.3, -0.25) is 0 Å². The summed E-state index contributed by atoms with van der Waals surface area (Å²) < 4.78 is 9.34. The second-order valence-corrected chi connectivity index (χ2v) is 11.8. The lowest BCUT2D eigenvalue weighted by atomic mass is 9.93. The molecule has 0 saturated heterocycles. The molecule has 7 heteroatoms. The number of benzene rings is 6. The van der Waals surface area contributed by atoms with E-state index in [-0.39, 0.29) is 0 Å². The van der Waals surface area contributed by atoms with E-state index in [1.54, 1.807) is 0 Å². The normalized spacial score (nSPS) is 11.4. The minimum atomic E-state index is 0.622. The van der Waals surface area contributed by atoms with Gasteiger partial charge < -0.3 is 0 Å². The Kier molecular flexibility index (Phi) is 6.54. The summed E-state index contributed by atoms with van der Waals surface area (Å²) in [5.74, 6) is 1.90. The Morgan fingerprint density at radius 2 is 0.915 bits per heavy atom. The zero-order valence-corrected chi connectivity index (χ0v) is 25.8. The number of hydrogen-bond donors (Lipinski definition) is 0. The fraction of sp³-hybridized carbons (Fsp3) is 0. The molecule has 0 radical (unpaired) electrons. The van der Waals surface area contributed by atoms with Gasteiger partial charge in [0.1, 0.15) is 11.0 Å². The van der Waals surface area contributed by atoms with E-state index in [4.69, 9.17) is 24.3 Å². The summed E-state index contributed by atoms with van der Waals surface area (Å²) in [4.78, 5) is 19.9. The van der Waals surface area contributed by atoms with Gasteiger partial charge in [-0.2, -0.15) is 8.75 Å². The van der Waals surface area contributed by atoms with Crippen molar-refractivity contribution < 1.29 is 0 Å². The van der Waals surface area contributed by atoms with E-state index in [0.29, 0.717) is 17.5 Å². The van der Waals surface area contributed by atoms with E-state index in [9.17, 15) is 0 Å². The Labute approximate surface area is 274 Å². The van der Waals surface area contributed by atoms with Crippen molar-refractivity contribution in [3.63, 3.8) is 0 Å². The standard InChI is InChI=1S/C40H24N6S/c1-4-11-26(12-5-1)36-31-23-24-33-37(46-47-45-33)35(31)34-30(17-10-18-32(34)41-36)25-19-21-29(22-20-25)40-43-38(27-13-6-2-7-14-27)42-39(44-40)28-15-8-3-9-16-28/h1-24H. The number of hydrogen-bond acceptors (Lipinski definition) is 7. The Hall–Kier alpha value is -6.18. The van der Waals surface area contributed by atoms with Gasteiger partial charge in [0.2, 0.25) is 0 Å². The van der Waals surface area contributed by atoms with E-state index in [1.165, 1.54) is 11.7 Å². The third-order valence-corrected chi connectivity index (χ3v) is 8.95. The molecule has 47 heavy (non-hydrogen) atoms. The number of pyridine rings is 1. The van der Waals surface area contributed by atoms with E-state index in [1.807, 2.05) is 84.9 Å². The Morgan fingerprint density at radius 3 is 1.53 bits per heavy atom. The predicted molar refractivity (Wildman–Crippen MR) is 191 cm³/mol. The van der Waals surface area contributed by atoms with Crippen molar-refractivity contribution in [2.75, 3.05) is 0 Å². The highest BCUT2D eigenvalue weighted by atomic mass is 32.1. The van der Waals surface area contributed by atoms with E-state index < -0.39 is 0 Å². The van der Waals surface area contributed by atoms with Crippen molar-refractivity contribution in [3.8, 4) is 56.5 Å². The van der Waals surface area contributed by atoms with Crippen molar-refractivity contribution in [1.29, 1.82) is 0 Å². The lowest BCUT2D eigenvalue weighted by molar-refractivity contribution is 1.07. The minimum absolute atomic E-state index is 0.622. The zero-order chi connectivity index (χ0) is 31.2. The second kappa shape index (κ2) is 11.3. The molecular weight excluding hydrogens is 597 g/mol. The minimum Gasteiger partial charge on any atom is -0.247 e. The maximum atomic E-state index is 5.22. The molecule has 0 aliphatic rings. The molecule has 0 unspecified atom stereocenters.